The van der Waals surface area contributed by atoms with E-state index in [2.05, 4.69) is 4.90 Å². The molecule has 0 fully saturated rings. The van der Waals surface area contributed by atoms with Crippen LogP contribution in [0.2, 0.25) is 0 Å². The van der Waals surface area contributed by atoms with Crippen molar-refractivity contribution in [3.63, 3.8) is 0 Å². The Labute approximate surface area is 183 Å². The summed E-state index contributed by atoms with van der Waals surface area (Å²) in [7, 11) is 0. The molecule has 6 nitrogen and oxygen atoms in total. The van der Waals surface area contributed by atoms with Gasteiger partial charge in [0, 0.05) is 18.7 Å². The van der Waals surface area contributed by atoms with Crippen molar-refractivity contribution in [2.45, 2.75) is 33.0 Å². The number of ether oxygens (including phenoxy) is 2. The zero-order chi connectivity index (χ0) is 22.1. The highest BCUT2D eigenvalue weighted by Gasteiger charge is 2.16. The van der Waals surface area contributed by atoms with Crippen LogP contribution in [0.15, 0.2) is 71.3 Å². The Hall–Kier alpha value is -3.09. The lowest BCUT2D eigenvalue weighted by Crippen LogP contribution is -2.35. The van der Waals surface area contributed by atoms with Crippen molar-refractivity contribution < 1.29 is 23.8 Å². The summed E-state index contributed by atoms with van der Waals surface area (Å²) in [6.07, 6.45) is 0.927. The van der Waals surface area contributed by atoms with E-state index in [1.807, 2.05) is 43.3 Å². The molecule has 0 saturated heterocycles. The number of ketones is 1. The van der Waals surface area contributed by atoms with Crippen LogP contribution in [0.3, 0.4) is 0 Å². The first kappa shape index (κ1) is 22.6. The minimum Gasteiger partial charge on any atom is -0.494 e. The molecular weight excluding hydrogens is 394 g/mol. The van der Waals surface area contributed by atoms with E-state index in [1.54, 1.807) is 30.5 Å². The van der Waals surface area contributed by atoms with Crippen molar-refractivity contribution in [3.8, 4) is 11.5 Å². The van der Waals surface area contributed by atoms with Crippen LogP contribution in [-0.4, -0.2) is 41.7 Å². The highest BCUT2D eigenvalue weighted by molar-refractivity contribution is 5.94. The molecule has 0 bridgehead atoms. The lowest BCUT2D eigenvalue weighted by molar-refractivity contribution is 0.0604. The summed E-state index contributed by atoms with van der Waals surface area (Å²) in [4.78, 5) is 13.6. The minimum absolute atomic E-state index is 0.0232. The van der Waals surface area contributed by atoms with Crippen molar-refractivity contribution in [2.75, 3.05) is 19.8 Å². The van der Waals surface area contributed by atoms with Crippen LogP contribution in [0.4, 0.5) is 0 Å². The van der Waals surface area contributed by atoms with Gasteiger partial charge in [-0.05, 0) is 55.8 Å². The Balaban J connectivity index is 1.63. The standard InChI is InChI=1S/C25H29NO5/c1-3-29-23-9-4-7-20(13-23)15-26(17-25-11-6-12-30-25)16-22(28)18-31-24-10-5-8-21(14-24)19(2)27/h4-14,22,28H,3,15-18H2,1-2H3. The number of furan rings is 1. The summed E-state index contributed by atoms with van der Waals surface area (Å²) in [6.45, 7) is 5.78. The fourth-order valence-electron chi connectivity index (χ4n) is 3.31. The van der Waals surface area contributed by atoms with Gasteiger partial charge >= 0.3 is 0 Å². The van der Waals surface area contributed by atoms with Gasteiger partial charge < -0.3 is 19.0 Å². The average Bonchev–Trinajstić information content (AvgIpc) is 3.26. The van der Waals surface area contributed by atoms with E-state index in [-0.39, 0.29) is 12.4 Å². The molecular formula is C25H29NO5. The Bertz CT molecular complexity index is 954. The molecule has 31 heavy (non-hydrogen) atoms. The van der Waals surface area contributed by atoms with E-state index < -0.39 is 6.10 Å². The number of hydrogen-bond acceptors (Lipinski definition) is 6. The molecule has 0 amide bonds. The van der Waals surface area contributed by atoms with Crippen LogP contribution in [0.1, 0.15) is 35.5 Å². The van der Waals surface area contributed by atoms with Crippen molar-refractivity contribution in [2.24, 2.45) is 0 Å². The Morgan fingerprint density at radius 3 is 2.52 bits per heavy atom. The van der Waals surface area contributed by atoms with Crippen molar-refractivity contribution >= 4 is 5.78 Å². The van der Waals surface area contributed by atoms with Gasteiger partial charge in [0.2, 0.25) is 0 Å². The molecule has 0 spiro atoms. The predicted molar refractivity (Wildman–Crippen MR) is 118 cm³/mol. The Morgan fingerprint density at radius 1 is 1.03 bits per heavy atom. The van der Waals surface area contributed by atoms with Gasteiger partial charge in [-0.1, -0.05) is 24.3 Å². The van der Waals surface area contributed by atoms with E-state index in [4.69, 9.17) is 13.9 Å². The number of carbonyl (C=O) groups excluding carboxylic acids is 1. The molecule has 164 valence electrons. The molecule has 0 aliphatic rings. The van der Waals surface area contributed by atoms with Crippen LogP contribution in [0.5, 0.6) is 11.5 Å². The zero-order valence-electron chi connectivity index (χ0n) is 18.0. The predicted octanol–water partition coefficient (Wildman–Crippen LogP) is 4.32. The Kier molecular flexibility index (Phi) is 8.27. The SMILES string of the molecule is CCOc1cccc(CN(Cc2ccco2)CC(O)COc2cccc(C(C)=O)c2)c1. The summed E-state index contributed by atoms with van der Waals surface area (Å²) in [5, 5.41) is 10.6. The van der Waals surface area contributed by atoms with Gasteiger partial charge in [-0.3, -0.25) is 9.69 Å². The van der Waals surface area contributed by atoms with Crippen LogP contribution >= 0.6 is 0 Å². The van der Waals surface area contributed by atoms with Crippen molar-refractivity contribution in [1.29, 1.82) is 0 Å². The van der Waals surface area contributed by atoms with Gasteiger partial charge in [-0.25, -0.2) is 0 Å². The first-order valence-electron chi connectivity index (χ1n) is 10.4. The number of nitrogens with zero attached hydrogens (tertiary/aromatic N) is 1. The van der Waals surface area contributed by atoms with Gasteiger partial charge in [-0.2, -0.15) is 0 Å². The van der Waals surface area contributed by atoms with Crippen LogP contribution in [0.25, 0.3) is 0 Å². The molecule has 0 aliphatic carbocycles. The van der Waals surface area contributed by atoms with E-state index in [1.165, 1.54) is 6.92 Å². The largest absolute Gasteiger partial charge is 0.494 e. The summed E-state index contributed by atoms with van der Waals surface area (Å²) in [6, 6.07) is 18.7. The summed E-state index contributed by atoms with van der Waals surface area (Å²) >= 11 is 0. The van der Waals surface area contributed by atoms with Gasteiger partial charge in [0.1, 0.15) is 30.0 Å². The van der Waals surface area contributed by atoms with E-state index in [9.17, 15) is 9.90 Å². The number of Topliss-reactive ketones (excluding diaryl/α,β-unsaturated/α-hetero) is 1. The third-order valence-corrected chi connectivity index (χ3v) is 4.73. The number of aliphatic hydroxyl groups is 1. The fraction of sp³-hybridized carbons (Fsp3) is 0.320. The number of benzene rings is 2. The van der Waals surface area contributed by atoms with Crippen LogP contribution in [-0.2, 0) is 13.1 Å². The smallest absolute Gasteiger partial charge is 0.159 e. The molecule has 3 rings (SSSR count). The maximum Gasteiger partial charge on any atom is 0.159 e. The molecule has 1 atom stereocenters. The normalized spacial score (nSPS) is 12.0. The molecule has 6 heteroatoms. The topological polar surface area (TPSA) is 72.1 Å². The summed E-state index contributed by atoms with van der Waals surface area (Å²) in [5.74, 6) is 2.19. The second kappa shape index (κ2) is 11.3. The molecule has 1 unspecified atom stereocenters. The number of carbonyl (C=O) groups is 1. The quantitative estimate of drug-likeness (QED) is 0.438. The van der Waals surface area contributed by atoms with Gasteiger partial charge in [0.15, 0.2) is 5.78 Å². The number of rotatable bonds is 12. The molecule has 3 aromatic rings. The third kappa shape index (κ3) is 7.27. The molecule has 1 N–H and O–H groups in total. The van der Waals surface area contributed by atoms with Gasteiger partial charge in [-0.15, -0.1) is 0 Å². The molecule has 0 radical (unpaired) electrons. The molecule has 1 heterocycles. The van der Waals surface area contributed by atoms with E-state index in [0.717, 1.165) is 17.1 Å². The summed E-state index contributed by atoms with van der Waals surface area (Å²) < 4.78 is 16.8. The number of hydrogen-bond donors (Lipinski definition) is 1. The highest BCUT2D eigenvalue weighted by Crippen LogP contribution is 2.18. The molecule has 0 aliphatic heterocycles. The minimum atomic E-state index is -0.717. The van der Waals surface area contributed by atoms with E-state index >= 15 is 0 Å². The van der Waals surface area contributed by atoms with E-state index in [0.29, 0.717) is 37.6 Å². The maximum atomic E-state index is 11.5. The highest BCUT2D eigenvalue weighted by atomic mass is 16.5. The number of aliphatic hydroxyl groups excluding tert-OH is 1. The molecule has 0 saturated carbocycles. The maximum absolute atomic E-state index is 11.5. The van der Waals surface area contributed by atoms with Crippen LogP contribution in [0, 0.1) is 0 Å². The first-order valence-corrected chi connectivity index (χ1v) is 10.4. The summed E-state index contributed by atoms with van der Waals surface area (Å²) in [5.41, 5.74) is 1.67. The lowest BCUT2D eigenvalue weighted by Gasteiger charge is -2.24. The second-order valence-corrected chi connectivity index (χ2v) is 7.38. The zero-order valence-corrected chi connectivity index (χ0v) is 18.0. The second-order valence-electron chi connectivity index (χ2n) is 7.38. The Morgan fingerprint density at radius 2 is 1.81 bits per heavy atom. The van der Waals surface area contributed by atoms with Crippen LogP contribution < -0.4 is 9.47 Å². The van der Waals surface area contributed by atoms with Gasteiger partial charge in [0.05, 0.1) is 19.4 Å². The molecule has 2 aromatic carbocycles. The first-order chi connectivity index (χ1) is 15.0. The fourth-order valence-corrected chi connectivity index (χ4v) is 3.31. The molecule has 1 aromatic heterocycles. The van der Waals surface area contributed by atoms with Crippen molar-refractivity contribution in [3.05, 3.63) is 83.8 Å². The average molecular weight is 424 g/mol. The van der Waals surface area contributed by atoms with Crippen molar-refractivity contribution in [1.82, 2.24) is 4.90 Å². The van der Waals surface area contributed by atoms with Gasteiger partial charge in [0.25, 0.3) is 0 Å². The third-order valence-electron chi connectivity index (χ3n) is 4.73. The monoisotopic (exact) mass is 423 g/mol. The lowest BCUT2D eigenvalue weighted by atomic mass is 10.1.